The minimum absolute atomic E-state index is 0.0511. The molecular weight excluding hydrogens is 418 g/mol. The van der Waals surface area contributed by atoms with Crippen LogP contribution in [0.25, 0.3) is 0 Å². The molecule has 1 heterocycles. The minimum atomic E-state index is -0.960. The van der Waals surface area contributed by atoms with Crippen LogP contribution >= 0.6 is 46.4 Å². The molecule has 4 rings (SSSR count). The number of hydrogen-bond donors (Lipinski definition) is 0. The van der Waals surface area contributed by atoms with E-state index in [2.05, 4.69) is 0 Å². The molecule has 2 saturated carbocycles. The number of amides is 2. The Balaban J connectivity index is 1.62. The molecule has 26 heavy (non-hydrogen) atoms. The molecule has 1 aromatic carbocycles. The first-order chi connectivity index (χ1) is 12.1. The third kappa shape index (κ3) is 3.09. The van der Waals surface area contributed by atoms with Crippen LogP contribution in [0.4, 0.5) is 11.4 Å². The number of carbonyl (C=O) groups excluding carboxylic acids is 2. The van der Waals surface area contributed by atoms with Crippen molar-refractivity contribution in [3.05, 3.63) is 23.8 Å². The van der Waals surface area contributed by atoms with E-state index in [1.807, 2.05) is 18.2 Å². The summed E-state index contributed by atoms with van der Waals surface area (Å²) >= 11 is 24.3. The topological polar surface area (TPSA) is 40.6 Å². The van der Waals surface area contributed by atoms with Crippen LogP contribution in [0.1, 0.15) is 24.8 Å². The van der Waals surface area contributed by atoms with E-state index in [1.165, 1.54) is 0 Å². The van der Waals surface area contributed by atoms with Gasteiger partial charge in [-0.05, 0) is 43.4 Å². The largest absolute Gasteiger partial charge is 0.315 e. The van der Waals surface area contributed by atoms with Crippen molar-refractivity contribution in [2.24, 2.45) is 11.8 Å². The number of benzene rings is 1. The molecule has 0 radical (unpaired) electrons. The van der Waals surface area contributed by atoms with Crippen molar-refractivity contribution in [1.82, 2.24) is 0 Å². The van der Waals surface area contributed by atoms with Crippen molar-refractivity contribution < 1.29 is 9.59 Å². The summed E-state index contributed by atoms with van der Waals surface area (Å²) < 4.78 is -1.91. The van der Waals surface area contributed by atoms with E-state index in [9.17, 15) is 9.59 Å². The lowest BCUT2D eigenvalue weighted by Crippen LogP contribution is -2.38. The van der Waals surface area contributed by atoms with Gasteiger partial charge in [0.2, 0.25) is 11.8 Å². The van der Waals surface area contributed by atoms with Gasteiger partial charge in [-0.1, -0.05) is 6.07 Å². The summed E-state index contributed by atoms with van der Waals surface area (Å²) in [5.74, 6) is -0.897. The molecule has 2 fully saturated rings. The summed E-state index contributed by atoms with van der Waals surface area (Å²) in [6.07, 6.45) is 2.56. The van der Waals surface area contributed by atoms with Crippen molar-refractivity contribution in [3.8, 4) is 0 Å². The maximum atomic E-state index is 12.8. The quantitative estimate of drug-likeness (QED) is 0.663. The molecule has 1 aromatic rings. The highest BCUT2D eigenvalue weighted by Gasteiger charge is 2.58. The zero-order valence-electron chi connectivity index (χ0n) is 14.1. The van der Waals surface area contributed by atoms with Gasteiger partial charge in [0.05, 0.1) is 11.8 Å². The highest BCUT2D eigenvalue weighted by Crippen LogP contribution is 2.55. The van der Waals surface area contributed by atoms with E-state index >= 15 is 0 Å². The zero-order chi connectivity index (χ0) is 18.9. The Morgan fingerprint density at radius 2 is 1.73 bits per heavy atom. The first kappa shape index (κ1) is 18.7. The predicted molar refractivity (Wildman–Crippen MR) is 106 cm³/mol. The van der Waals surface area contributed by atoms with Gasteiger partial charge in [-0.15, -0.1) is 46.4 Å². The van der Waals surface area contributed by atoms with Crippen molar-refractivity contribution in [2.75, 3.05) is 23.4 Å². The van der Waals surface area contributed by atoms with Crippen molar-refractivity contribution >= 4 is 69.6 Å². The van der Waals surface area contributed by atoms with Gasteiger partial charge >= 0.3 is 0 Å². The third-order valence-electron chi connectivity index (χ3n) is 5.43. The number of nitrogens with zero attached hydrogens (tertiary/aromatic N) is 2. The molecule has 8 heteroatoms. The van der Waals surface area contributed by atoms with Gasteiger partial charge < -0.3 is 9.80 Å². The second-order valence-electron chi connectivity index (χ2n) is 7.30. The van der Waals surface area contributed by atoms with Crippen LogP contribution in [-0.2, 0) is 16.0 Å². The van der Waals surface area contributed by atoms with Crippen LogP contribution in [-0.4, -0.2) is 34.1 Å². The molecule has 2 amide bonds. The lowest BCUT2D eigenvalue weighted by Gasteiger charge is -2.33. The summed E-state index contributed by atoms with van der Waals surface area (Å²) in [6, 6.07) is 5.65. The summed E-state index contributed by atoms with van der Waals surface area (Å²) in [7, 11) is 1.73. The Hall–Kier alpha value is -0.680. The Labute approximate surface area is 172 Å². The van der Waals surface area contributed by atoms with Crippen LogP contribution in [0.3, 0.4) is 0 Å². The van der Waals surface area contributed by atoms with Crippen LogP contribution in [0.5, 0.6) is 0 Å². The Morgan fingerprint density at radius 1 is 1.12 bits per heavy atom. The Kier molecular flexibility index (Phi) is 4.43. The highest BCUT2D eigenvalue weighted by atomic mass is 35.5. The average molecular weight is 436 g/mol. The minimum Gasteiger partial charge on any atom is -0.315 e. The van der Waals surface area contributed by atoms with Gasteiger partial charge in [0, 0.05) is 25.0 Å². The molecule has 1 aliphatic heterocycles. The maximum Gasteiger partial charge on any atom is 0.233 e. The van der Waals surface area contributed by atoms with Crippen LogP contribution < -0.4 is 9.80 Å². The normalized spacial score (nSPS) is 27.5. The number of anilines is 2. The second kappa shape index (κ2) is 6.16. The molecule has 0 spiro atoms. The lowest BCUT2D eigenvalue weighted by molar-refractivity contribution is -0.120. The van der Waals surface area contributed by atoms with Gasteiger partial charge in [-0.3, -0.25) is 9.59 Å². The number of carbonyl (C=O) groups is 2. The van der Waals surface area contributed by atoms with E-state index in [4.69, 9.17) is 46.4 Å². The molecule has 0 bridgehead atoms. The highest BCUT2D eigenvalue weighted by molar-refractivity contribution is 6.53. The fourth-order valence-electron chi connectivity index (χ4n) is 3.65. The molecule has 3 aliphatic rings. The van der Waals surface area contributed by atoms with E-state index in [1.54, 1.807) is 16.8 Å². The van der Waals surface area contributed by atoms with Crippen molar-refractivity contribution in [1.29, 1.82) is 0 Å². The monoisotopic (exact) mass is 434 g/mol. The van der Waals surface area contributed by atoms with Gasteiger partial charge in [0.1, 0.15) is 8.67 Å². The van der Waals surface area contributed by atoms with Gasteiger partial charge in [-0.2, -0.15) is 0 Å². The third-order valence-corrected chi connectivity index (χ3v) is 7.10. The number of alkyl halides is 4. The lowest BCUT2D eigenvalue weighted by atomic mass is 9.98. The molecular formula is C18H18Cl4N2O2. The first-order valence-corrected chi connectivity index (χ1v) is 10.1. The van der Waals surface area contributed by atoms with Crippen molar-refractivity contribution in [3.63, 3.8) is 0 Å². The second-order valence-corrected chi connectivity index (χ2v) is 10.4. The smallest absolute Gasteiger partial charge is 0.233 e. The number of hydrogen-bond acceptors (Lipinski definition) is 2. The molecule has 140 valence electrons. The summed E-state index contributed by atoms with van der Waals surface area (Å²) in [5.41, 5.74) is 2.60. The SMILES string of the molecule is CN(C(=O)[C@@H]1CC1(Cl)Cl)c1cccc2c1CCCN2C(=O)[C@@H]1CC1(Cl)Cl. The van der Waals surface area contributed by atoms with Gasteiger partial charge in [0.25, 0.3) is 0 Å². The number of halogens is 4. The van der Waals surface area contributed by atoms with Crippen LogP contribution in [0.15, 0.2) is 18.2 Å². The van der Waals surface area contributed by atoms with Crippen LogP contribution in [0.2, 0.25) is 0 Å². The molecule has 0 saturated heterocycles. The molecule has 0 N–H and O–H groups in total. The molecule has 2 aliphatic carbocycles. The van der Waals surface area contributed by atoms with Crippen molar-refractivity contribution in [2.45, 2.75) is 34.3 Å². The van der Waals surface area contributed by atoms with E-state index < -0.39 is 8.67 Å². The van der Waals surface area contributed by atoms with E-state index in [0.717, 1.165) is 29.8 Å². The zero-order valence-corrected chi connectivity index (χ0v) is 17.2. The molecule has 2 atom stereocenters. The summed E-state index contributed by atoms with van der Waals surface area (Å²) in [4.78, 5) is 28.8. The predicted octanol–water partition coefficient (Wildman–Crippen LogP) is 4.32. The fourth-order valence-corrected chi connectivity index (χ4v) is 4.64. The summed E-state index contributed by atoms with van der Waals surface area (Å²) in [6.45, 7) is 0.627. The van der Waals surface area contributed by atoms with Crippen LogP contribution in [0, 0.1) is 11.8 Å². The fraction of sp³-hybridized carbons (Fsp3) is 0.556. The van der Waals surface area contributed by atoms with Gasteiger partial charge in [-0.25, -0.2) is 0 Å². The number of fused-ring (bicyclic) bond motifs is 1. The maximum absolute atomic E-state index is 12.8. The molecule has 0 unspecified atom stereocenters. The van der Waals surface area contributed by atoms with Gasteiger partial charge in [0.15, 0.2) is 0 Å². The van der Waals surface area contributed by atoms with E-state index in [-0.39, 0.29) is 23.7 Å². The summed E-state index contributed by atoms with van der Waals surface area (Å²) in [5, 5.41) is 0. The molecule has 4 nitrogen and oxygen atoms in total. The first-order valence-electron chi connectivity index (χ1n) is 8.60. The molecule has 0 aromatic heterocycles. The van der Waals surface area contributed by atoms with E-state index in [0.29, 0.717) is 19.4 Å². The average Bonchev–Trinajstić information content (AvgIpc) is 3.45. The number of rotatable bonds is 3. The standard InChI is InChI=1S/C18H18Cl4N2O2/c1-23(15(25)11-8-17(11,19)20)13-5-2-6-14-10(13)4-3-7-24(14)16(26)12-9-18(12,21)22/h2,5-6,11-12H,3-4,7-9H2,1H3/t11-,12-/m0/s1. The Morgan fingerprint density at radius 3 is 2.31 bits per heavy atom. The Bertz CT molecular complexity index is 781.